The van der Waals surface area contributed by atoms with Crippen LogP contribution in [0.5, 0.6) is 0 Å². The van der Waals surface area contributed by atoms with E-state index in [9.17, 15) is 35.1 Å². The molecule has 0 radical (unpaired) electrons. The number of ether oxygens (including phenoxy) is 1. The quantitative estimate of drug-likeness (QED) is 0.171. The lowest BCUT2D eigenvalue weighted by atomic mass is 9.52. The average Bonchev–Trinajstić information content (AvgIpc) is 2.83. The first-order valence-corrected chi connectivity index (χ1v) is 12.9. The van der Waals surface area contributed by atoms with E-state index in [0.29, 0.717) is 12.0 Å². The maximum atomic E-state index is 13.3. The zero-order chi connectivity index (χ0) is 27.4. The molecular formula is C28H44O8. The highest BCUT2D eigenvalue weighted by atomic mass is 16.5. The SMILES string of the molecule is C/C(=C\C=C\[C@H](O)[C@@H](C)O)[C@H](O)[C@H](C)C(=O)O[C@H]1C[C@H](C)C[C@@H]2C=C[C@H](C)[C@](C)(C(=O)[C@@H](O)CO)[C@@H]12. The maximum absolute atomic E-state index is 13.3. The molecule has 0 saturated heterocycles. The predicted molar refractivity (Wildman–Crippen MR) is 136 cm³/mol. The van der Waals surface area contributed by atoms with Crippen molar-refractivity contribution in [2.45, 2.75) is 84.9 Å². The number of carbonyl (C=O) groups is 2. The Bertz CT molecular complexity index is 862. The van der Waals surface area contributed by atoms with Crippen LogP contribution in [0.15, 0.2) is 36.0 Å². The van der Waals surface area contributed by atoms with Gasteiger partial charge in [-0.05, 0) is 56.9 Å². The van der Waals surface area contributed by atoms with Crippen molar-refractivity contribution in [2.75, 3.05) is 6.61 Å². The minimum Gasteiger partial charge on any atom is -0.462 e. The maximum Gasteiger partial charge on any atom is 0.311 e. The van der Waals surface area contributed by atoms with Crippen LogP contribution in [0.25, 0.3) is 0 Å². The third kappa shape index (κ3) is 6.53. The third-order valence-corrected chi connectivity index (χ3v) is 8.20. The number of aliphatic hydroxyl groups is 5. The van der Waals surface area contributed by atoms with Crippen LogP contribution in [-0.4, -0.2) is 74.4 Å². The summed E-state index contributed by atoms with van der Waals surface area (Å²) in [7, 11) is 0. The van der Waals surface area contributed by atoms with E-state index in [2.05, 4.69) is 13.0 Å². The normalized spacial score (nSPS) is 35.0. The van der Waals surface area contributed by atoms with Crippen LogP contribution in [0.1, 0.15) is 54.4 Å². The van der Waals surface area contributed by atoms with E-state index < -0.39 is 60.2 Å². The van der Waals surface area contributed by atoms with E-state index in [1.807, 2.05) is 13.0 Å². The van der Waals surface area contributed by atoms with Gasteiger partial charge in [0.2, 0.25) is 0 Å². The van der Waals surface area contributed by atoms with Gasteiger partial charge in [0, 0.05) is 11.3 Å². The summed E-state index contributed by atoms with van der Waals surface area (Å²) in [5.74, 6) is -2.28. The second kappa shape index (κ2) is 12.6. The van der Waals surface area contributed by atoms with Gasteiger partial charge in [0.1, 0.15) is 12.2 Å². The lowest BCUT2D eigenvalue weighted by Gasteiger charge is -2.52. The second-order valence-electron chi connectivity index (χ2n) is 11.0. The van der Waals surface area contributed by atoms with Gasteiger partial charge < -0.3 is 30.3 Å². The summed E-state index contributed by atoms with van der Waals surface area (Å²) < 4.78 is 6.00. The molecule has 8 nitrogen and oxygen atoms in total. The Morgan fingerprint density at radius 2 is 1.75 bits per heavy atom. The van der Waals surface area contributed by atoms with Crippen LogP contribution in [0.3, 0.4) is 0 Å². The van der Waals surface area contributed by atoms with Gasteiger partial charge in [-0.2, -0.15) is 0 Å². The average molecular weight is 509 g/mol. The summed E-state index contributed by atoms with van der Waals surface area (Å²) in [6, 6.07) is 0. The Balaban J connectivity index is 2.25. The fourth-order valence-electron chi connectivity index (χ4n) is 5.68. The van der Waals surface area contributed by atoms with E-state index in [4.69, 9.17) is 4.74 Å². The molecule has 0 bridgehead atoms. The molecule has 2 aliphatic rings. The molecule has 204 valence electrons. The number of Topliss-reactive ketones (excluding diaryl/α,β-unsaturated/α-hetero) is 1. The molecule has 11 atom stereocenters. The predicted octanol–water partition coefficient (Wildman–Crippen LogP) is 1.94. The number of allylic oxidation sites excluding steroid dienone is 4. The smallest absolute Gasteiger partial charge is 0.311 e. The molecule has 0 aromatic rings. The van der Waals surface area contributed by atoms with Crippen molar-refractivity contribution < 1.29 is 39.9 Å². The molecule has 0 unspecified atom stereocenters. The molecule has 1 fully saturated rings. The highest BCUT2D eigenvalue weighted by Gasteiger charge is 2.56. The van der Waals surface area contributed by atoms with E-state index in [1.54, 1.807) is 26.8 Å². The third-order valence-electron chi connectivity index (χ3n) is 8.20. The molecule has 0 aliphatic heterocycles. The number of ketones is 1. The van der Waals surface area contributed by atoms with Crippen molar-refractivity contribution in [3.63, 3.8) is 0 Å². The van der Waals surface area contributed by atoms with E-state index in [1.165, 1.54) is 19.1 Å². The standard InChI is InChI=1S/C28H44O8/c1-15-12-20-11-10-17(3)28(6,26(34)22(32)14-29)24(20)23(13-15)36-27(35)18(4)25(33)16(2)8-7-9-21(31)19(5)30/h7-11,15,17-25,29-33H,12-14H2,1-6H3/b9-7+,16-8+/t15-,17+,18+,19-,20+,21+,22+,23+,24-,25+,28+/m1/s1. The van der Waals surface area contributed by atoms with Crippen LogP contribution >= 0.6 is 0 Å². The fraction of sp³-hybridized carbons (Fsp3) is 0.714. The van der Waals surface area contributed by atoms with E-state index in [0.717, 1.165) is 6.42 Å². The van der Waals surface area contributed by atoms with Crippen molar-refractivity contribution in [3.8, 4) is 0 Å². The molecule has 1 saturated carbocycles. The number of hydrogen-bond acceptors (Lipinski definition) is 8. The van der Waals surface area contributed by atoms with Crippen LogP contribution in [-0.2, 0) is 14.3 Å². The highest BCUT2D eigenvalue weighted by molar-refractivity contribution is 5.89. The summed E-state index contributed by atoms with van der Waals surface area (Å²) in [6.07, 6.45) is 4.72. The molecule has 0 heterocycles. The van der Waals surface area contributed by atoms with Crippen LogP contribution in [0, 0.1) is 35.0 Å². The largest absolute Gasteiger partial charge is 0.462 e. The van der Waals surface area contributed by atoms with E-state index in [-0.39, 0.29) is 23.7 Å². The molecule has 2 rings (SSSR count). The minimum absolute atomic E-state index is 0.0186. The number of aliphatic hydroxyl groups excluding tert-OH is 5. The van der Waals surface area contributed by atoms with E-state index >= 15 is 0 Å². The van der Waals surface area contributed by atoms with Gasteiger partial charge in [-0.1, -0.05) is 51.2 Å². The van der Waals surface area contributed by atoms with Gasteiger partial charge in [-0.15, -0.1) is 0 Å². The number of carbonyl (C=O) groups excluding carboxylic acids is 2. The second-order valence-corrected chi connectivity index (χ2v) is 11.0. The zero-order valence-corrected chi connectivity index (χ0v) is 22.2. The Morgan fingerprint density at radius 1 is 1.11 bits per heavy atom. The number of fused-ring (bicyclic) bond motifs is 1. The first-order chi connectivity index (χ1) is 16.7. The van der Waals surface area contributed by atoms with Crippen LogP contribution in [0.2, 0.25) is 0 Å². The molecule has 0 spiro atoms. The van der Waals surface area contributed by atoms with Crippen molar-refractivity contribution in [3.05, 3.63) is 36.0 Å². The summed E-state index contributed by atoms with van der Waals surface area (Å²) in [5, 5.41) is 49.4. The Kier molecular flexibility index (Phi) is 10.6. The first-order valence-electron chi connectivity index (χ1n) is 12.9. The Hall–Kier alpha value is -1.84. The molecule has 2 aliphatic carbocycles. The van der Waals surface area contributed by atoms with Crippen LogP contribution in [0.4, 0.5) is 0 Å². The van der Waals surface area contributed by atoms with Gasteiger partial charge in [-0.3, -0.25) is 9.59 Å². The topological polar surface area (TPSA) is 145 Å². The van der Waals surface area contributed by atoms with Gasteiger partial charge in [0.15, 0.2) is 5.78 Å². The van der Waals surface area contributed by atoms with Crippen LogP contribution < -0.4 is 0 Å². The van der Waals surface area contributed by atoms with Gasteiger partial charge in [-0.25, -0.2) is 0 Å². The molecule has 0 amide bonds. The highest BCUT2D eigenvalue weighted by Crippen LogP contribution is 2.53. The molecule has 36 heavy (non-hydrogen) atoms. The van der Waals surface area contributed by atoms with Crippen molar-refractivity contribution >= 4 is 11.8 Å². The van der Waals surface area contributed by atoms with Gasteiger partial charge >= 0.3 is 5.97 Å². The lowest BCUT2D eigenvalue weighted by Crippen LogP contribution is -2.57. The van der Waals surface area contributed by atoms with Gasteiger partial charge in [0.05, 0.1) is 30.8 Å². The minimum atomic E-state index is -1.51. The van der Waals surface area contributed by atoms with Crippen molar-refractivity contribution in [1.29, 1.82) is 0 Å². The van der Waals surface area contributed by atoms with Crippen molar-refractivity contribution in [1.82, 2.24) is 0 Å². The number of esters is 1. The molecular weight excluding hydrogens is 464 g/mol. The summed E-state index contributed by atoms with van der Waals surface area (Å²) in [4.78, 5) is 26.4. The summed E-state index contributed by atoms with van der Waals surface area (Å²) >= 11 is 0. The van der Waals surface area contributed by atoms with Crippen molar-refractivity contribution in [2.24, 2.45) is 35.0 Å². The summed E-state index contributed by atoms with van der Waals surface area (Å²) in [6.45, 7) is 9.79. The first kappa shape index (κ1) is 30.4. The Morgan fingerprint density at radius 3 is 2.33 bits per heavy atom. The van der Waals surface area contributed by atoms with Gasteiger partial charge in [0.25, 0.3) is 0 Å². The molecule has 0 aromatic heterocycles. The molecule has 8 heteroatoms. The lowest BCUT2D eigenvalue weighted by molar-refractivity contribution is -0.176. The fourth-order valence-corrected chi connectivity index (χ4v) is 5.68. The summed E-state index contributed by atoms with van der Waals surface area (Å²) in [5.41, 5.74) is -0.538. The number of hydrogen-bond donors (Lipinski definition) is 5. The zero-order valence-electron chi connectivity index (χ0n) is 22.2. The molecule has 0 aromatic carbocycles. The number of rotatable bonds is 10. The monoisotopic (exact) mass is 508 g/mol. The Labute approximate surface area is 214 Å². The molecule has 5 N–H and O–H groups in total.